The van der Waals surface area contributed by atoms with Crippen LogP contribution in [0.4, 0.5) is 0 Å². The highest BCUT2D eigenvalue weighted by Crippen LogP contribution is 2.27. The topological polar surface area (TPSA) is 55.1 Å². The largest absolute Gasteiger partial charge is 0.368 e. The van der Waals surface area contributed by atoms with Crippen molar-refractivity contribution in [2.24, 2.45) is 5.73 Å². The van der Waals surface area contributed by atoms with Gasteiger partial charge in [0.1, 0.15) is 0 Å². The average molecular weight is 240 g/mol. The maximum atomic E-state index is 11.2. The first-order chi connectivity index (χ1) is 7.24. The van der Waals surface area contributed by atoms with Gasteiger partial charge < -0.3 is 5.73 Å². The molecule has 1 amide bonds. The van der Waals surface area contributed by atoms with Crippen LogP contribution in [0, 0.1) is 13.8 Å². The molecule has 0 fully saturated rings. The molecule has 0 aliphatic carbocycles. The molecule has 0 saturated heterocycles. The number of nitrogens with two attached hydrogens (primary N) is 1. The zero-order valence-electron chi connectivity index (χ0n) is 10.5. The maximum absolute atomic E-state index is 11.2. The van der Waals surface area contributed by atoms with E-state index in [2.05, 4.69) is 32.2 Å². The molecule has 0 aliphatic heterocycles. The fourth-order valence-electron chi connectivity index (χ4n) is 1.77. The van der Waals surface area contributed by atoms with Gasteiger partial charge in [-0.1, -0.05) is 0 Å². The predicted octanol–water partition coefficient (Wildman–Crippen LogP) is 2.28. The summed E-state index contributed by atoms with van der Waals surface area (Å²) < 4.78 is 0. The highest BCUT2D eigenvalue weighted by atomic mass is 32.1. The van der Waals surface area contributed by atoms with Gasteiger partial charge in [0.25, 0.3) is 0 Å². The van der Waals surface area contributed by atoms with Crippen molar-refractivity contribution in [3.8, 4) is 0 Å². The molecule has 0 aliphatic rings. The second-order valence-electron chi connectivity index (χ2n) is 4.72. The van der Waals surface area contributed by atoms with Crippen molar-refractivity contribution in [1.82, 2.24) is 5.32 Å². The first-order valence-electron chi connectivity index (χ1n) is 5.38. The Balaban J connectivity index is 2.84. The van der Waals surface area contributed by atoms with Gasteiger partial charge in [0, 0.05) is 15.8 Å². The van der Waals surface area contributed by atoms with Gasteiger partial charge in [-0.05, 0) is 46.2 Å². The van der Waals surface area contributed by atoms with Gasteiger partial charge in [0.2, 0.25) is 5.91 Å². The predicted molar refractivity (Wildman–Crippen MR) is 68.6 cm³/mol. The Labute approximate surface area is 101 Å². The quantitative estimate of drug-likeness (QED) is 0.848. The molecule has 1 heterocycles. The van der Waals surface area contributed by atoms with Crippen molar-refractivity contribution in [2.45, 2.75) is 46.2 Å². The molecule has 16 heavy (non-hydrogen) atoms. The Morgan fingerprint density at radius 2 is 2.06 bits per heavy atom. The summed E-state index contributed by atoms with van der Waals surface area (Å²) in [6, 6.07) is 2.29. The number of thiophene rings is 1. The number of aryl methyl sites for hydroxylation is 2. The third-order valence-corrected chi connectivity index (χ3v) is 3.72. The standard InChI is InChI=1S/C12H20N2OS/c1-7-6-10(9(3)16-7)8(2)14-12(4,5)11(13)15/h6,8,14H,1-5H3,(H2,13,15). The second kappa shape index (κ2) is 4.55. The van der Waals surface area contributed by atoms with E-state index in [0.717, 1.165) is 0 Å². The van der Waals surface area contributed by atoms with Crippen LogP contribution in [0.2, 0.25) is 0 Å². The number of primary amides is 1. The Bertz CT molecular complexity index is 396. The van der Waals surface area contributed by atoms with E-state index < -0.39 is 5.54 Å². The number of carbonyl (C=O) groups excluding carboxylic acids is 1. The number of hydrogen-bond donors (Lipinski definition) is 2. The van der Waals surface area contributed by atoms with Gasteiger partial charge in [0.05, 0.1) is 5.54 Å². The van der Waals surface area contributed by atoms with E-state index >= 15 is 0 Å². The molecule has 1 aromatic rings. The van der Waals surface area contributed by atoms with E-state index in [4.69, 9.17) is 5.73 Å². The zero-order valence-corrected chi connectivity index (χ0v) is 11.4. The molecule has 0 saturated carbocycles. The van der Waals surface area contributed by atoms with Crippen LogP contribution < -0.4 is 11.1 Å². The minimum absolute atomic E-state index is 0.132. The molecule has 0 aromatic carbocycles. The summed E-state index contributed by atoms with van der Waals surface area (Å²) in [5.41, 5.74) is 5.91. The van der Waals surface area contributed by atoms with Gasteiger partial charge in [-0.2, -0.15) is 0 Å². The number of amides is 1. The summed E-state index contributed by atoms with van der Waals surface area (Å²) in [6.07, 6.45) is 0. The summed E-state index contributed by atoms with van der Waals surface area (Å²) in [6.45, 7) is 9.86. The molecule has 0 bridgehead atoms. The average Bonchev–Trinajstić information content (AvgIpc) is 2.44. The van der Waals surface area contributed by atoms with Gasteiger partial charge in [-0.15, -0.1) is 11.3 Å². The molecule has 1 atom stereocenters. The van der Waals surface area contributed by atoms with Crippen LogP contribution in [0.15, 0.2) is 6.07 Å². The lowest BCUT2D eigenvalue weighted by Gasteiger charge is -2.27. The highest BCUT2D eigenvalue weighted by Gasteiger charge is 2.27. The molecule has 4 heteroatoms. The summed E-state index contributed by atoms with van der Waals surface area (Å²) in [4.78, 5) is 13.8. The minimum atomic E-state index is -0.679. The Kier molecular flexibility index (Phi) is 3.76. The van der Waals surface area contributed by atoms with Crippen LogP contribution in [0.1, 0.15) is 42.1 Å². The minimum Gasteiger partial charge on any atom is -0.368 e. The smallest absolute Gasteiger partial charge is 0.237 e. The van der Waals surface area contributed by atoms with E-state index in [-0.39, 0.29) is 11.9 Å². The molecule has 1 unspecified atom stereocenters. The van der Waals surface area contributed by atoms with Crippen molar-refractivity contribution in [3.05, 3.63) is 21.4 Å². The van der Waals surface area contributed by atoms with Crippen LogP contribution in [0.5, 0.6) is 0 Å². The summed E-state index contributed by atoms with van der Waals surface area (Å²) in [7, 11) is 0. The molecule has 1 rings (SSSR count). The summed E-state index contributed by atoms with van der Waals surface area (Å²) in [5, 5.41) is 3.26. The van der Waals surface area contributed by atoms with Crippen molar-refractivity contribution in [3.63, 3.8) is 0 Å². The molecule has 3 N–H and O–H groups in total. The molecular weight excluding hydrogens is 220 g/mol. The van der Waals surface area contributed by atoms with Gasteiger partial charge in [-0.25, -0.2) is 0 Å². The fraction of sp³-hybridized carbons (Fsp3) is 0.583. The zero-order chi connectivity index (χ0) is 12.5. The third kappa shape index (κ3) is 2.83. The van der Waals surface area contributed by atoms with Crippen molar-refractivity contribution < 1.29 is 4.79 Å². The molecule has 0 spiro atoms. The maximum Gasteiger partial charge on any atom is 0.237 e. The summed E-state index contributed by atoms with van der Waals surface area (Å²) >= 11 is 1.78. The molecule has 90 valence electrons. The third-order valence-electron chi connectivity index (χ3n) is 2.74. The number of rotatable bonds is 4. The van der Waals surface area contributed by atoms with Crippen molar-refractivity contribution in [1.29, 1.82) is 0 Å². The van der Waals surface area contributed by atoms with E-state index in [1.54, 1.807) is 25.2 Å². The molecule has 3 nitrogen and oxygen atoms in total. The lowest BCUT2D eigenvalue weighted by Crippen LogP contribution is -2.51. The number of hydrogen-bond acceptors (Lipinski definition) is 3. The lowest BCUT2D eigenvalue weighted by atomic mass is 10.0. The molecule has 1 aromatic heterocycles. The van der Waals surface area contributed by atoms with Crippen LogP contribution >= 0.6 is 11.3 Å². The molecule has 0 radical (unpaired) electrons. The van der Waals surface area contributed by atoms with Crippen molar-refractivity contribution >= 4 is 17.2 Å². The van der Waals surface area contributed by atoms with E-state index in [1.807, 2.05) is 0 Å². The SMILES string of the molecule is Cc1cc(C(C)NC(C)(C)C(N)=O)c(C)s1. The normalized spacial score (nSPS) is 13.8. The van der Waals surface area contributed by atoms with Crippen LogP contribution in [0.3, 0.4) is 0 Å². The van der Waals surface area contributed by atoms with Gasteiger partial charge >= 0.3 is 0 Å². The number of carbonyl (C=O) groups is 1. The van der Waals surface area contributed by atoms with Crippen LogP contribution in [-0.2, 0) is 4.79 Å². The number of nitrogens with one attached hydrogen (secondary N) is 1. The van der Waals surface area contributed by atoms with E-state index in [1.165, 1.54) is 15.3 Å². The van der Waals surface area contributed by atoms with E-state index in [0.29, 0.717) is 0 Å². The molecular formula is C12H20N2OS. The lowest BCUT2D eigenvalue weighted by molar-refractivity contribution is -0.123. The fourth-order valence-corrected chi connectivity index (χ4v) is 2.79. The first-order valence-corrected chi connectivity index (χ1v) is 6.20. The monoisotopic (exact) mass is 240 g/mol. The Morgan fingerprint density at radius 3 is 2.44 bits per heavy atom. The highest BCUT2D eigenvalue weighted by molar-refractivity contribution is 7.12. The van der Waals surface area contributed by atoms with Gasteiger partial charge in [-0.3, -0.25) is 10.1 Å². The van der Waals surface area contributed by atoms with Gasteiger partial charge in [0.15, 0.2) is 0 Å². The van der Waals surface area contributed by atoms with Crippen LogP contribution in [-0.4, -0.2) is 11.4 Å². The Morgan fingerprint density at radius 1 is 1.50 bits per heavy atom. The van der Waals surface area contributed by atoms with Crippen LogP contribution in [0.25, 0.3) is 0 Å². The second-order valence-corrected chi connectivity index (χ2v) is 6.18. The summed E-state index contributed by atoms with van der Waals surface area (Å²) in [5.74, 6) is -0.330. The van der Waals surface area contributed by atoms with E-state index in [9.17, 15) is 4.79 Å². The van der Waals surface area contributed by atoms with Crippen molar-refractivity contribution in [2.75, 3.05) is 0 Å². The Hall–Kier alpha value is -0.870. The first kappa shape index (κ1) is 13.2.